The molecule has 0 fully saturated rings. The Labute approximate surface area is 108 Å². The van der Waals surface area contributed by atoms with Gasteiger partial charge in [-0.05, 0) is 24.1 Å². The van der Waals surface area contributed by atoms with Crippen molar-refractivity contribution >= 4 is 16.9 Å². The third-order valence-corrected chi connectivity index (χ3v) is 3.74. The maximum absolute atomic E-state index is 11.3. The Balaban J connectivity index is 2.75. The highest BCUT2D eigenvalue weighted by Gasteiger charge is 2.14. The van der Waals surface area contributed by atoms with Crippen molar-refractivity contribution in [2.45, 2.75) is 38.4 Å². The van der Waals surface area contributed by atoms with Gasteiger partial charge in [-0.3, -0.25) is 4.79 Å². The molecule has 0 spiro atoms. The topological polar surface area (TPSA) is 26.3 Å². The molecular formula is C14H20O2S. The molecule has 17 heavy (non-hydrogen) atoms. The number of hydrogen-bond acceptors (Lipinski definition) is 3. The maximum Gasteiger partial charge on any atom is 0.186 e. The van der Waals surface area contributed by atoms with Crippen LogP contribution in [-0.2, 0) is 4.79 Å². The van der Waals surface area contributed by atoms with Crippen molar-refractivity contribution in [3.05, 3.63) is 29.8 Å². The zero-order valence-electron chi connectivity index (χ0n) is 10.7. The van der Waals surface area contributed by atoms with Gasteiger partial charge in [-0.15, -0.1) is 0 Å². The number of thioether (sulfide) groups is 1. The van der Waals surface area contributed by atoms with Gasteiger partial charge < -0.3 is 4.74 Å². The summed E-state index contributed by atoms with van der Waals surface area (Å²) >= 11 is 1.43. The fraction of sp³-hybridized carbons (Fsp3) is 0.500. The second kappa shape index (κ2) is 7.38. The molecule has 0 aromatic heterocycles. The second-order valence-corrected chi connectivity index (χ2v) is 5.39. The van der Waals surface area contributed by atoms with Gasteiger partial charge in [-0.25, -0.2) is 0 Å². The van der Waals surface area contributed by atoms with Crippen molar-refractivity contribution in [2.24, 2.45) is 0 Å². The summed E-state index contributed by atoms with van der Waals surface area (Å²) in [6.45, 7) is 3.80. The number of ether oxygens (including phenoxy) is 1. The average Bonchev–Trinajstić information content (AvgIpc) is 2.34. The zero-order chi connectivity index (χ0) is 12.7. The Hall–Kier alpha value is -0.960. The van der Waals surface area contributed by atoms with E-state index in [1.54, 1.807) is 14.0 Å². The van der Waals surface area contributed by atoms with E-state index in [-0.39, 0.29) is 10.4 Å². The quantitative estimate of drug-likeness (QED) is 0.758. The van der Waals surface area contributed by atoms with Crippen molar-refractivity contribution in [3.63, 3.8) is 0 Å². The largest absolute Gasteiger partial charge is 0.497 e. The molecule has 0 N–H and O–H groups in total. The highest BCUT2D eigenvalue weighted by atomic mass is 32.2. The summed E-state index contributed by atoms with van der Waals surface area (Å²) in [4.78, 5) is 11.3. The normalized spacial score (nSPS) is 12.2. The van der Waals surface area contributed by atoms with Crippen molar-refractivity contribution in [3.8, 4) is 5.75 Å². The lowest BCUT2D eigenvalue weighted by Crippen LogP contribution is -1.98. The molecule has 2 nitrogen and oxygen atoms in total. The molecular weight excluding hydrogens is 232 g/mol. The molecule has 1 aromatic rings. The lowest BCUT2D eigenvalue weighted by molar-refractivity contribution is -0.109. The minimum atomic E-state index is 0.182. The number of carbonyl (C=O) groups excluding carboxylic acids is 1. The van der Waals surface area contributed by atoms with Gasteiger partial charge in [-0.2, -0.15) is 0 Å². The Morgan fingerprint density at radius 1 is 1.35 bits per heavy atom. The fourth-order valence-corrected chi connectivity index (χ4v) is 2.68. The smallest absolute Gasteiger partial charge is 0.186 e. The van der Waals surface area contributed by atoms with E-state index in [1.807, 2.05) is 12.1 Å². The zero-order valence-corrected chi connectivity index (χ0v) is 11.5. The minimum Gasteiger partial charge on any atom is -0.497 e. The molecule has 3 heteroatoms. The van der Waals surface area contributed by atoms with Gasteiger partial charge in [0.15, 0.2) is 5.12 Å². The van der Waals surface area contributed by atoms with Crippen LogP contribution in [0.5, 0.6) is 5.75 Å². The molecule has 1 aromatic carbocycles. The molecule has 0 radical (unpaired) electrons. The third kappa shape index (κ3) is 4.82. The van der Waals surface area contributed by atoms with Gasteiger partial charge in [-0.1, -0.05) is 43.7 Å². The second-order valence-electron chi connectivity index (χ2n) is 4.01. The Morgan fingerprint density at radius 2 is 2.00 bits per heavy atom. The summed E-state index contributed by atoms with van der Waals surface area (Å²) < 4.78 is 5.14. The van der Waals surface area contributed by atoms with Gasteiger partial charge in [0.05, 0.1) is 7.11 Å². The average molecular weight is 252 g/mol. The van der Waals surface area contributed by atoms with Crippen LogP contribution in [0.4, 0.5) is 0 Å². The molecule has 0 bridgehead atoms. The predicted molar refractivity (Wildman–Crippen MR) is 73.5 cm³/mol. The Kier molecular flexibility index (Phi) is 6.12. The summed E-state index contributed by atoms with van der Waals surface area (Å²) in [6, 6.07) is 8.01. The van der Waals surface area contributed by atoms with Crippen LogP contribution < -0.4 is 4.74 Å². The predicted octanol–water partition coefficient (Wildman–Crippen LogP) is 4.21. The molecule has 0 saturated carbocycles. The van der Waals surface area contributed by atoms with Crippen molar-refractivity contribution in [1.29, 1.82) is 0 Å². The number of benzene rings is 1. The highest BCUT2D eigenvalue weighted by Crippen LogP contribution is 2.34. The highest BCUT2D eigenvalue weighted by molar-refractivity contribution is 8.13. The van der Waals surface area contributed by atoms with E-state index in [4.69, 9.17) is 4.74 Å². The van der Waals surface area contributed by atoms with Gasteiger partial charge in [0.2, 0.25) is 0 Å². The standard InChI is InChI=1S/C14H20O2S/c1-4-5-6-14(17-11(2)15)12-7-9-13(16-3)10-8-12/h7-10,14H,4-6H2,1-3H3. The van der Waals surface area contributed by atoms with E-state index in [0.717, 1.165) is 25.0 Å². The molecule has 1 rings (SSSR count). The molecule has 0 aliphatic carbocycles. The maximum atomic E-state index is 11.3. The van der Waals surface area contributed by atoms with Crippen LogP contribution in [-0.4, -0.2) is 12.2 Å². The van der Waals surface area contributed by atoms with Crippen LogP contribution in [0.2, 0.25) is 0 Å². The first-order chi connectivity index (χ1) is 8.17. The SMILES string of the molecule is CCCCC(SC(C)=O)c1ccc(OC)cc1. The summed E-state index contributed by atoms with van der Waals surface area (Å²) in [6.07, 6.45) is 3.36. The molecule has 0 aliphatic rings. The summed E-state index contributed by atoms with van der Waals surface area (Å²) in [5.74, 6) is 0.857. The summed E-state index contributed by atoms with van der Waals surface area (Å²) in [7, 11) is 1.66. The Morgan fingerprint density at radius 3 is 2.47 bits per heavy atom. The van der Waals surface area contributed by atoms with E-state index in [1.165, 1.54) is 17.3 Å². The van der Waals surface area contributed by atoms with Crippen LogP contribution in [0.3, 0.4) is 0 Å². The molecule has 0 amide bonds. The first-order valence-corrected chi connectivity index (χ1v) is 6.86. The fourth-order valence-electron chi connectivity index (χ4n) is 1.70. The lowest BCUT2D eigenvalue weighted by Gasteiger charge is -2.15. The van der Waals surface area contributed by atoms with Gasteiger partial charge >= 0.3 is 0 Å². The van der Waals surface area contributed by atoms with Crippen molar-refractivity contribution < 1.29 is 9.53 Å². The molecule has 94 valence electrons. The minimum absolute atomic E-state index is 0.182. The van der Waals surface area contributed by atoms with Gasteiger partial charge in [0.25, 0.3) is 0 Å². The van der Waals surface area contributed by atoms with E-state index >= 15 is 0 Å². The number of hydrogen-bond donors (Lipinski definition) is 0. The van der Waals surface area contributed by atoms with E-state index in [2.05, 4.69) is 19.1 Å². The van der Waals surface area contributed by atoms with Crippen molar-refractivity contribution in [2.75, 3.05) is 7.11 Å². The van der Waals surface area contributed by atoms with Crippen LogP contribution in [0.1, 0.15) is 43.9 Å². The molecule has 0 saturated heterocycles. The Bertz CT molecular complexity index is 346. The molecule has 0 heterocycles. The van der Waals surface area contributed by atoms with Crippen LogP contribution in [0, 0.1) is 0 Å². The first kappa shape index (κ1) is 14.1. The lowest BCUT2D eigenvalue weighted by atomic mass is 10.1. The molecule has 0 aliphatic heterocycles. The molecule has 1 atom stereocenters. The van der Waals surface area contributed by atoms with E-state index in [0.29, 0.717) is 0 Å². The van der Waals surface area contributed by atoms with Crippen LogP contribution in [0.15, 0.2) is 24.3 Å². The summed E-state index contributed by atoms with van der Waals surface area (Å²) in [5.41, 5.74) is 1.21. The van der Waals surface area contributed by atoms with Crippen LogP contribution in [0.25, 0.3) is 0 Å². The summed E-state index contributed by atoms with van der Waals surface area (Å²) in [5, 5.41) is 0.459. The number of carbonyl (C=O) groups is 1. The van der Waals surface area contributed by atoms with Gasteiger partial charge in [0.1, 0.15) is 5.75 Å². The third-order valence-electron chi connectivity index (χ3n) is 2.62. The number of methoxy groups -OCH3 is 1. The monoisotopic (exact) mass is 252 g/mol. The van der Waals surface area contributed by atoms with E-state index in [9.17, 15) is 4.79 Å². The van der Waals surface area contributed by atoms with Crippen LogP contribution >= 0.6 is 11.8 Å². The molecule has 1 unspecified atom stereocenters. The number of unbranched alkanes of at least 4 members (excludes halogenated alkanes) is 1. The van der Waals surface area contributed by atoms with Gasteiger partial charge in [0, 0.05) is 12.2 Å². The van der Waals surface area contributed by atoms with E-state index < -0.39 is 0 Å². The van der Waals surface area contributed by atoms with Crippen molar-refractivity contribution in [1.82, 2.24) is 0 Å². The first-order valence-electron chi connectivity index (χ1n) is 5.98. The number of rotatable bonds is 6.